The summed E-state index contributed by atoms with van der Waals surface area (Å²) in [6, 6.07) is 12.5. The van der Waals surface area contributed by atoms with Gasteiger partial charge in [-0.25, -0.2) is 8.42 Å². The van der Waals surface area contributed by atoms with E-state index in [1.165, 1.54) is 24.3 Å². The van der Waals surface area contributed by atoms with E-state index in [1.807, 2.05) is 0 Å². The van der Waals surface area contributed by atoms with Gasteiger partial charge in [0, 0.05) is 22.4 Å². The molecule has 0 saturated carbocycles. The predicted molar refractivity (Wildman–Crippen MR) is 96.6 cm³/mol. The van der Waals surface area contributed by atoms with Crippen LogP contribution in [-0.4, -0.2) is 42.3 Å². The second kappa shape index (κ2) is 14.2. The first-order valence-corrected chi connectivity index (χ1v) is 10.3. The van der Waals surface area contributed by atoms with Crippen LogP contribution in [0.15, 0.2) is 53.4 Å². The molecule has 26 heavy (non-hydrogen) atoms. The van der Waals surface area contributed by atoms with Crippen molar-refractivity contribution < 1.29 is 56.3 Å². The van der Waals surface area contributed by atoms with Gasteiger partial charge in [0.2, 0.25) is 0 Å². The van der Waals surface area contributed by atoms with Gasteiger partial charge in [0.25, 0.3) is 0 Å². The number of hydrogen-bond donors (Lipinski definition) is 0. The number of aldehydes is 2. The van der Waals surface area contributed by atoms with Crippen molar-refractivity contribution in [2.45, 2.75) is 4.90 Å². The molecule has 0 aromatic heterocycles. The summed E-state index contributed by atoms with van der Waals surface area (Å²) < 4.78 is 39.9. The minimum Gasteiger partial charge on any atom is -0.773 e. The quantitative estimate of drug-likeness (QED) is 0.374. The number of carbonyl (C=O) groups excluding carboxylic acids is 2. The molecule has 1 atom stereocenters. The minimum absolute atomic E-state index is 0. The van der Waals surface area contributed by atoms with Crippen LogP contribution in [0, 0.1) is 0 Å². The smallest absolute Gasteiger partial charge is 0.773 e. The number of sulfone groups is 1. The third-order valence-corrected chi connectivity index (χ3v) is 3.83. The summed E-state index contributed by atoms with van der Waals surface area (Å²) in [6.45, 7) is 0. The van der Waals surface area contributed by atoms with Crippen molar-refractivity contribution in [2.75, 3.05) is 12.5 Å². The second-order valence-electron chi connectivity index (χ2n) is 4.53. The number of carbonyl (C=O) groups is 2. The maximum Gasteiger partial charge on any atom is 1.00 e. The van der Waals surface area contributed by atoms with E-state index in [-0.39, 0.29) is 34.5 Å². The number of benzene rings is 2. The zero-order valence-corrected chi connectivity index (χ0v) is 18.8. The van der Waals surface area contributed by atoms with Crippen molar-refractivity contribution in [3.05, 3.63) is 64.7 Å². The largest absolute Gasteiger partial charge is 1.00 e. The Bertz CT molecular complexity index is 802. The van der Waals surface area contributed by atoms with Gasteiger partial charge in [-0.3, -0.25) is 13.8 Å². The van der Waals surface area contributed by atoms with E-state index < -0.39 is 20.9 Å². The summed E-state index contributed by atoms with van der Waals surface area (Å²) in [5.74, 6) is 0. The average Bonchev–Trinajstić information content (AvgIpc) is 2.55. The predicted octanol–water partition coefficient (Wildman–Crippen LogP) is -0.446. The molecule has 2 aromatic rings. The third-order valence-electron chi connectivity index (χ3n) is 2.45. The molecule has 0 N–H and O–H groups in total. The molecule has 136 valence electrons. The first-order chi connectivity index (χ1) is 11.6. The fourth-order valence-corrected chi connectivity index (χ4v) is 2.09. The molecular weight excluding hydrogens is 411 g/mol. The van der Waals surface area contributed by atoms with E-state index in [0.29, 0.717) is 22.4 Å². The molecule has 1 unspecified atom stereocenters. The van der Waals surface area contributed by atoms with Gasteiger partial charge in [-0.2, -0.15) is 0 Å². The molecule has 0 spiro atoms. The Morgan fingerprint density at radius 2 is 1.23 bits per heavy atom. The van der Waals surface area contributed by atoms with E-state index in [9.17, 15) is 18.0 Å². The summed E-state index contributed by atoms with van der Waals surface area (Å²) in [7, 11) is -3.14. The average molecular weight is 427 g/mol. The Balaban J connectivity index is 0. The van der Waals surface area contributed by atoms with Gasteiger partial charge in [0.05, 0.1) is 4.90 Å². The van der Waals surface area contributed by atoms with Crippen LogP contribution >= 0.6 is 11.6 Å². The van der Waals surface area contributed by atoms with Crippen LogP contribution in [0.25, 0.3) is 0 Å². The Morgan fingerprint density at radius 3 is 1.50 bits per heavy atom. The summed E-state index contributed by atoms with van der Waals surface area (Å²) in [6.07, 6.45) is 3.67. The standard InChI is InChI=1S/C8H8O3S.C7H5ClO.CH4O2S.Na/c1-12(10,11)8-4-2-7(6-9)3-5-8;8-7-3-1-6(5-9)2-4-7;1-4(2)3;/h2-6H,1H3;1-5H;1H3,(H,2,3);/q;;;+1/p-1. The van der Waals surface area contributed by atoms with Crippen molar-refractivity contribution in [1.82, 2.24) is 0 Å². The Morgan fingerprint density at radius 1 is 0.923 bits per heavy atom. The van der Waals surface area contributed by atoms with Crippen LogP contribution in [0.1, 0.15) is 20.7 Å². The van der Waals surface area contributed by atoms with E-state index >= 15 is 0 Å². The molecule has 0 aliphatic heterocycles. The number of hydrogen-bond acceptors (Lipinski definition) is 6. The molecule has 6 nitrogen and oxygen atoms in total. The second-order valence-corrected chi connectivity index (χ2v) is 7.78. The van der Waals surface area contributed by atoms with Gasteiger partial charge in [-0.15, -0.1) is 0 Å². The minimum atomic E-state index is -3.14. The van der Waals surface area contributed by atoms with Gasteiger partial charge in [0.15, 0.2) is 9.84 Å². The molecule has 0 aliphatic carbocycles. The SMILES string of the molecule is CS(=O)(=O)c1ccc(C=O)cc1.CS(=O)[O-].O=Cc1ccc(Cl)cc1.[Na+]. The molecule has 0 aliphatic rings. The summed E-state index contributed by atoms with van der Waals surface area (Å²) >= 11 is 3.69. The normalized spacial score (nSPS) is 10.6. The zero-order chi connectivity index (χ0) is 19.5. The van der Waals surface area contributed by atoms with Crippen molar-refractivity contribution >= 4 is 45.1 Å². The van der Waals surface area contributed by atoms with E-state index in [4.69, 9.17) is 20.4 Å². The van der Waals surface area contributed by atoms with Gasteiger partial charge in [0.1, 0.15) is 12.6 Å². The number of rotatable bonds is 3. The van der Waals surface area contributed by atoms with Crippen molar-refractivity contribution in [2.24, 2.45) is 0 Å². The van der Waals surface area contributed by atoms with Crippen molar-refractivity contribution in [3.63, 3.8) is 0 Å². The fraction of sp³-hybridized carbons (Fsp3) is 0.125. The van der Waals surface area contributed by atoms with Gasteiger partial charge < -0.3 is 4.55 Å². The van der Waals surface area contributed by atoms with Crippen LogP contribution in [0.2, 0.25) is 5.02 Å². The van der Waals surface area contributed by atoms with Crippen molar-refractivity contribution in [1.29, 1.82) is 0 Å². The molecule has 0 amide bonds. The summed E-state index contributed by atoms with van der Waals surface area (Å²) in [4.78, 5) is 20.5. The maximum absolute atomic E-state index is 10.9. The molecule has 0 heterocycles. The maximum atomic E-state index is 10.9. The molecular formula is C16H16ClNaO6S2. The van der Waals surface area contributed by atoms with Crippen LogP contribution < -0.4 is 29.6 Å². The Hall–Kier alpha value is -0.870. The number of halogens is 1. The molecule has 0 radical (unpaired) electrons. The molecule has 0 saturated heterocycles. The summed E-state index contributed by atoms with van der Waals surface area (Å²) in [5, 5.41) is 0.653. The molecule has 10 heteroatoms. The first-order valence-electron chi connectivity index (χ1n) is 6.57. The Labute approximate surface area is 182 Å². The van der Waals surface area contributed by atoms with Crippen LogP contribution in [0.5, 0.6) is 0 Å². The molecule has 0 bridgehead atoms. The molecule has 2 aromatic carbocycles. The van der Waals surface area contributed by atoms with Crippen LogP contribution in [0.4, 0.5) is 0 Å². The van der Waals surface area contributed by atoms with E-state index in [1.54, 1.807) is 24.3 Å². The van der Waals surface area contributed by atoms with E-state index in [2.05, 4.69) is 0 Å². The van der Waals surface area contributed by atoms with Crippen LogP contribution in [0.3, 0.4) is 0 Å². The Kier molecular flexibility index (Phi) is 15.0. The molecule has 2 rings (SSSR count). The van der Waals surface area contributed by atoms with Crippen LogP contribution in [-0.2, 0) is 20.9 Å². The monoisotopic (exact) mass is 426 g/mol. The first kappa shape index (κ1) is 27.3. The topological polar surface area (TPSA) is 108 Å². The van der Waals surface area contributed by atoms with E-state index in [0.717, 1.165) is 18.8 Å². The third kappa shape index (κ3) is 13.3. The van der Waals surface area contributed by atoms with Gasteiger partial charge >= 0.3 is 29.6 Å². The summed E-state index contributed by atoms with van der Waals surface area (Å²) in [5.41, 5.74) is 1.13. The fourth-order valence-electron chi connectivity index (χ4n) is 1.33. The van der Waals surface area contributed by atoms with Crippen molar-refractivity contribution in [3.8, 4) is 0 Å². The molecule has 0 fully saturated rings. The van der Waals surface area contributed by atoms with Gasteiger partial charge in [-0.1, -0.05) is 46.9 Å². The van der Waals surface area contributed by atoms with Gasteiger partial charge in [-0.05, 0) is 30.5 Å². The zero-order valence-electron chi connectivity index (χ0n) is 14.4.